The molecule has 0 N–H and O–H groups in total. The van der Waals surface area contributed by atoms with Crippen molar-refractivity contribution in [2.24, 2.45) is 5.92 Å². The minimum atomic E-state index is -0.525. The fourth-order valence-corrected chi connectivity index (χ4v) is 1.27. The second kappa shape index (κ2) is 6.98. The molecule has 0 saturated heterocycles. The molecule has 5 nitrogen and oxygen atoms in total. The number of esters is 1. The molecular formula is C10H17NO4. The summed E-state index contributed by atoms with van der Waals surface area (Å²) in [5.74, 6) is -0.841. The fraction of sp³-hybridized carbons (Fsp3) is 0.700. The van der Waals surface area contributed by atoms with Crippen LogP contribution >= 0.6 is 0 Å². The number of nitro groups is 1. The lowest BCUT2D eigenvalue weighted by Gasteiger charge is -2.11. The Labute approximate surface area is 89.3 Å². The number of carbonyl (C=O) groups excluding carboxylic acids is 1. The SMILES string of the molecule is C=C(C(CCCC)CC(=O)OC)[N+](=O)[O-]. The summed E-state index contributed by atoms with van der Waals surface area (Å²) < 4.78 is 4.49. The predicted octanol–water partition coefficient (Wildman–Crippen LogP) is 2.15. The maximum absolute atomic E-state index is 11.0. The predicted molar refractivity (Wildman–Crippen MR) is 55.8 cm³/mol. The van der Waals surface area contributed by atoms with Crippen LogP contribution in [-0.2, 0) is 9.53 Å². The first kappa shape index (κ1) is 13.6. The second-order valence-corrected chi connectivity index (χ2v) is 3.37. The highest BCUT2D eigenvalue weighted by atomic mass is 16.6. The summed E-state index contributed by atoms with van der Waals surface area (Å²) in [5, 5.41) is 10.5. The molecule has 0 aliphatic carbocycles. The normalized spacial score (nSPS) is 11.9. The monoisotopic (exact) mass is 215 g/mol. The molecule has 1 unspecified atom stereocenters. The topological polar surface area (TPSA) is 69.4 Å². The van der Waals surface area contributed by atoms with Crippen LogP contribution < -0.4 is 0 Å². The number of nitrogens with zero attached hydrogens (tertiary/aromatic N) is 1. The zero-order valence-electron chi connectivity index (χ0n) is 9.19. The van der Waals surface area contributed by atoms with Gasteiger partial charge in [-0.1, -0.05) is 19.8 Å². The van der Waals surface area contributed by atoms with Crippen molar-refractivity contribution in [1.82, 2.24) is 0 Å². The molecule has 0 aromatic rings. The number of carbonyl (C=O) groups is 1. The van der Waals surface area contributed by atoms with E-state index in [-0.39, 0.29) is 12.1 Å². The van der Waals surface area contributed by atoms with Crippen LogP contribution in [-0.4, -0.2) is 18.0 Å². The van der Waals surface area contributed by atoms with Gasteiger partial charge in [-0.15, -0.1) is 0 Å². The average molecular weight is 215 g/mol. The fourth-order valence-electron chi connectivity index (χ4n) is 1.27. The van der Waals surface area contributed by atoms with Crippen molar-refractivity contribution >= 4 is 5.97 Å². The van der Waals surface area contributed by atoms with E-state index in [0.29, 0.717) is 6.42 Å². The van der Waals surface area contributed by atoms with Gasteiger partial charge in [-0.2, -0.15) is 0 Å². The number of unbranched alkanes of at least 4 members (excludes halogenated alkanes) is 1. The van der Waals surface area contributed by atoms with Crippen molar-refractivity contribution in [3.05, 3.63) is 22.4 Å². The molecule has 0 bridgehead atoms. The Morgan fingerprint density at radius 3 is 2.60 bits per heavy atom. The lowest BCUT2D eigenvalue weighted by molar-refractivity contribution is -0.433. The van der Waals surface area contributed by atoms with Crippen LogP contribution in [0.15, 0.2) is 12.3 Å². The smallest absolute Gasteiger partial charge is 0.306 e. The maximum Gasteiger partial charge on any atom is 0.306 e. The molecule has 0 aromatic heterocycles. The van der Waals surface area contributed by atoms with Crippen LogP contribution in [0.5, 0.6) is 0 Å². The average Bonchev–Trinajstić information content (AvgIpc) is 2.22. The Morgan fingerprint density at radius 1 is 1.60 bits per heavy atom. The van der Waals surface area contributed by atoms with Crippen molar-refractivity contribution in [3.63, 3.8) is 0 Å². The molecule has 1 atom stereocenters. The first-order valence-corrected chi connectivity index (χ1v) is 4.92. The Balaban J connectivity index is 4.36. The minimum absolute atomic E-state index is 0.0380. The third-order valence-corrected chi connectivity index (χ3v) is 2.25. The van der Waals surface area contributed by atoms with Gasteiger partial charge in [0, 0.05) is 0 Å². The number of rotatable bonds is 7. The van der Waals surface area contributed by atoms with Crippen LogP contribution in [0.25, 0.3) is 0 Å². The van der Waals surface area contributed by atoms with Gasteiger partial charge in [0.25, 0.3) is 0 Å². The molecule has 5 heteroatoms. The lowest BCUT2D eigenvalue weighted by Crippen LogP contribution is -2.16. The van der Waals surface area contributed by atoms with Gasteiger partial charge in [-0.3, -0.25) is 14.9 Å². The molecule has 0 amide bonds. The van der Waals surface area contributed by atoms with E-state index in [4.69, 9.17) is 0 Å². The first-order valence-electron chi connectivity index (χ1n) is 4.92. The molecule has 0 rings (SSSR count). The summed E-state index contributed by atoms with van der Waals surface area (Å²) in [4.78, 5) is 21.0. The maximum atomic E-state index is 11.0. The highest BCUT2D eigenvalue weighted by Crippen LogP contribution is 2.21. The van der Waals surface area contributed by atoms with Gasteiger partial charge < -0.3 is 4.74 Å². The van der Waals surface area contributed by atoms with E-state index in [1.165, 1.54) is 7.11 Å². The summed E-state index contributed by atoms with van der Waals surface area (Å²) >= 11 is 0. The number of allylic oxidation sites excluding steroid dienone is 1. The standard InChI is InChI=1S/C10H17NO4/c1-4-5-6-9(7-10(12)15-3)8(2)11(13)14/h9H,2,4-7H2,1,3H3. The molecule has 0 fully saturated rings. The molecule has 86 valence electrons. The molecule has 0 aromatic carbocycles. The summed E-state index contributed by atoms with van der Waals surface area (Å²) in [5.41, 5.74) is -0.103. The Morgan fingerprint density at radius 2 is 2.20 bits per heavy atom. The molecule has 0 radical (unpaired) electrons. The number of ether oxygens (including phenoxy) is 1. The van der Waals surface area contributed by atoms with E-state index >= 15 is 0 Å². The van der Waals surface area contributed by atoms with Gasteiger partial charge in [0.1, 0.15) is 0 Å². The first-order chi connectivity index (χ1) is 7.02. The van der Waals surface area contributed by atoms with E-state index < -0.39 is 16.8 Å². The van der Waals surface area contributed by atoms with Gasteiger partial charge >= 0.3 is 5.97 Å². The molecule has 0 aliphatic heterocycles. The molecular weight excluding hydrogens is 198 g/mol. The van der Waals surface area contributed by atoms with E-state index in [9.17, 15) is 14.9 Å². The van der Waals surface area contributed by atoms with E-state index in [1.54, 1.807) is 0 Å². The van der Waals surface area contributed by atoms with Crippen molar-refractivity contribution in [1.29, 1.82) is 0 Å². The van der Waals surface area contributed by atoms with Crippen LogP contribution in [0, 0.1) is 16.0 Å². The van der Waals surface area contributed by atoms with E-state index in [1.807, 2.05) is 6.92 Å². The second-order valence-electron chi connectivity index (χ2n) is 3.37. The zero-order valence-corrected chi connectivity index (χ0v) is 9.19. The van der Waals surface area contributed by atoms with Crippen molar-refractivity contribution in [3.8, 4) is 0 Å². The largest absolute Gasteiger partial charge is 0.469 e. The van der Waals surface area contributed by atoms with Gasteiger partial charge in [-0.05, 0) is 13.0 Å². The lowest BCUT2D eigenvalue weighted by atomic mass is 9.96. The highest BCUT2D eigenvalue weighted by molar-refractivity contribution is 5.69. The minimum Gasteiger partial charge on any atom is -0.469 e. The van der Waals surface area contributed by atoms with E-state index in [0.717, 1.165) is 12.8 Å². The van der Waals surface area contributed by atoms with Gasteiger partial charge in [0.05, 0.1) is 24.4 Å². The molecule has 0 heterocycles. The van der Waals surface area contributed by atoms with Crippen LogP contribution in [0.2, 0.25) is 0 Å². The molecule has 0 saturated carbocycles. The third-order valence-electron chi connectivity index (χ3n) is 2.25. The summed E-state index contributed by atoms with van der Waals surface area (Å²) in [6, 6.07) is 0. The molecule has 0 spiro atoms. The Kier molecular flexibility index (Phi) is 6.33. The van der Waals surface area contributed by atoms with Crippen molar-refractivity contribution < 1.29 is 14.5 Å². The summed E-state index contributed by atoms with van der Waals surface area (Å²) in [6.07, 6.45) is 2.42. The van der Waals surface area contributed by atoms with Gasteiger partial charge in [0.2, 0.25) is 5.70 Å². The number of methoxy groups -OCH3 is 1. The Hall–Kier alpha value is -1.39. The Bertz CT molecular complexity index is 250. The zero-order chi connectivity index (χ0) is 11.8. The van der Waals surface area contributed by atoms with Gasteiger partial charge in [-0.25, -0.2) is 0 Å². The van der Waals surface area contributed by atoms with Gasteiger partial charge in [0.15, 0.2) is 0 Å². The van der Waals surface area contributed by atoms with E-state index in [2.05, 4.69) is 11.3 Å². The van der Waals surface area contributed by atoms with Crippen LogP contribution in [0.3, 0.4) is 0 Å². The summed E-state index contributed by atoms with van der Waals surface area (Å²) in [6.45, 7) is 5.38. The van der Waals surface area contributed by atoms with Crippen molar-refractivity contribution in [2.75, 3.05) is 7.11 Å². The highest BCUT2D eigenvalue weighted by Gasteiger charge is 2.24. The quantitative estimate of drug-likeness (QED) is 0.370. The number of hydrogen-bond donors (Lipinski definition) is 0. The molecule has 15 heavy (non-hydrogen) atoms. The molecule has 0 aliphatic rings. The number of hydrogen-bond acceptors (Lipinski definition) is 4. The summed E-state index contributed by atoms with van der Waals surface area (Å²) in [7, 11) is 1.27. The third kappa shape index (κ3) is 5.15. The van der Waals surface area contributed by atoms with Crippen LogP contribution in [0.1, 0.15) is 32.6 Å². The van der Waals surface area contributed by atoms with Crippen molar-refractivity contribution in [2.45, 2.75) is 32.6 Å². The van der Waals surface area contributed by atoms with Crippen LogP contribution in [0.4, 0.5) is 0 Å².